The third-order valence-electron chi connectivity index (χ3n) is 4.28. The van der Waals surface area contributed by atoms with Gasteiger partial charge < -0.3 is 4.90 Å². The molecule has 3 rings (SSSR count). The predicted octanol–water partition coefficient (Wildman–Crippen LogP) is 3.91. The highest BCUT2D eigenvalue weighted by molar-refractivity contribution is 7.99. The van der Waals surface area contributed by atoms with Crippen LogP contribution in [-0.4, -0.2) is 48.4 Å². The van der Waals surface area contributed by atoms with E-state index < -0.39 is 0 Å². The molecule has 6 heteroatoms. The zero-order valence-corrected chi connectivity index (χ0v) is 15.6. The number of aromatic nitrogens is 1. The van der Waals surface area contributed by atoms with Crippen molar-refractivity contribution in [2.24, 2.45) is 0 Å². The first kappa shape index (κ1) is 18.1. The molecule has 2 heterocycles. The topological polar surface area (TPSA) is 43.2 Å². The van der Waals surface area contributed by atoms with Gasteiger partial charge in [0.2, 0.25) is 0 Å². The quantitative estimate of drug-likeness (QED) is 0.568. The van der Waals surface area contributed by atoms with Gasteiger partial charge in [0.1, 0.15) is 5.82 Å². The minimum absolute atomic E-state index is 0.670. The molecule has 1 aliphatic rings. The van der Waals surface area contributed by atoms with Crippen molar-refractivity contribution in [3.63, 3.8) is 0 Å². The van der Waals surface area contributed by atoms with E-state index in [-0.39, 0.29) is 0 Å². The molecule has 0 spiro atoms. The van der Waals surface area contributed by atoms with Gasteiger partial charge in [-0.3, -0.25) is 4.90 Å². The highest BCUT2D eigenvalue weighted by Gasteiger charge is 2.17. The van der Waals surface area contributed by atoms with Crippen LogP contribution in [0.5, 0.6) is 0 Å². The largest absolute Gasteiger partial charge is 0.354 e. The normalized spacial score (nSPS) is 15.1. The van der Waals surface area contributed by atoms with Gasteiger partial charge in [0.25, 0.3) is 0 Å². The highest BCUT2D eigenvalue weighted by Crippen LogP contribution is 2.27. The van der Waals surface area contributed by atoms with Crippen LogP contribution in [-0.2, 0) is 0 Å². The lowest BCUT2D eigenvalue weighted by Gasteiger charge is -2.35. The third kappa shape index (κ3) is 5.12. The van der Waals surface area contributed by atoms with Crippen LogP contribution >= 0.6 is 23.4 Å². The zero-order chi connectivity index (χ0) is 17.5. The fourth-order valence-corrected chi connectivity index (χ4v) is 4.07. The van der Waals surface area contributed by atoms with E-state index in [1.165, 1.54) is 0 Å². The number of pyridine rings is 1. The highest BCUT2D eigenvalue weighted by atomic mass is 35.5. The van der Waals surface area contributed by atoms with E-state index in [1.807, 2.05) is 36.0 Å². The molecule has 1 aromatic carbocycles. The molecule has 1 saturated heterocycles. The van der Waals surface area contributed by atoms with Crippen LogP contribution in [0.15, 0.2) is 47.5 Å². The maximum atomic E-state index is 9.01. The number of anilines is 1. The number of nitriles is 1. The van der Waals surface area contributed by atoms with Crippen LogP contribution in [0.3, 0.4) is 0 Å². The minimum atomic E-state index is 0.670. The number of halogens is 1. The van der Waals surface area contributed by atoms with Crippen LogP contribution in [0.2, 0.25) is 5.02 Å². The summed E-state index contributed by atoms with van der Waals surface area (Å²) in [5.74, 6) is 1.99. The molecule has 0 N–H and O–H groups in total. The Hall–Kier alpha value is -1.74. The fraction of sp³-hybridized carbons (Fsp3) is 0.368. The van der Waals surface area contributed by atoms with E-state index >= 15 is 0 Å². The van der Waals surface area contributed by atoms with Gasteiger partial charge in [0, 0.05) is 37.3 Å². The number of nitrogens with zero attached hydrogens (tertiary/aromatic N) is 4. The van der Waals surface area contributed by atoms with Crippen molar-refractivity contribution in [3.05, 3.63) is 53.2 Å². The lowest BCUT2D eigenvalue weighted by Crippen LogP contribution is -2.47. The van der Waals surface area contributed by atoms with Crippen LogP contribution in [0, 0.1) is 11.3 Å². The molecule has 0 aliphatic carbocycles. The van der Waals surface area contributed by atoms with Crippen molar-refractivity contribution in [1.29, 1.82) is 5.26 Å². The summed E-state index contributed by atoms with van der Waals surface area (Å²) in [7, 11) is 0. The SMILES string of the molecule is N#Cc1ccnc(N2CCN(CCCSc3ccccc3Cl)CC2)c1. The van der Waals surface area contributed by atoms with Crippen LogP contribution in [0.4, 0.5) is 5.82 Å². The monoisotopic (exact) mass is 372 g/mol. The van der Waals surface area contributed by atoms with E-state index in [9.17, 15) is 0 Å². The molecule has 130 valence electrons. The van der Waals surface area contributed by atoms with Gasteiger partial charge in [-0.05, 0) is 43.0 Å². The Labute approximate surface area is 158 Å². The third-order valence-corrected chi connectivity index (χ3v) is 5.89. The Balaban J connectivity index is 1.39. The van der Waals surface area contributed by atoms with Gasteiger partial charge in [0.15, 0.2) is 0 Å². The molecular formula is C19H21ClN4S. The molecule has 1 aromatic heterocycles. The standard InChI is InChI=1S/C19H21ClN4S/c20-17-4-1-2-5-18(17)25-13-3-8-23-9-11-24(12-10-23)19-14-16(15-21)6-7-22-19/h1-2,4-7,14H,3,8-13H2. The van der Waals surface area contributed by atoms with Crippen LogP contribution in [0.25, 0.3) is 0 Å². The Morgan fingerprint density at radius 2 is 1.96 bits per heavy atom. The molecule has 0 saturated carbocycles. The van der Waals surface area contributed by atoms with Crippen molar-refractivity contribution in [3.8, 4) is 6.07 Å². The molecule has 0 atom stereocenters. The molecule has 0 bridgehead atoms. The zero-order valence-electron chi connectivity index (χ0n) is 14.1. The van der Waals surface area contributed by atoms with Gasteiger partial charge in [-0.1, -0.05) is 23.7 Å². The first-order chi connectivity index (χ1) is 12.3. The van der Waals surface area contributed by atoms with Crippen molar-refractivity contribution >= 4 is 29.2 Å². The predicted molar refractivity (Wildman–Crippen MR) is 104 cm³/mol. The second-order valence-electron chi connectivity index (χ2n) is 5.98. The Kier molecular flexibility index (Phi) is 6.57. The van der Waals surface area contributed by atoms with Crippen LogP contribution in [0.1, 0.15) is 12.0 Å². The summed E-state index contributed by atoms with van der Waals surface area (Å²) >= 11 is 8.01. The van der Waals surface area contributed by atoms with Crippen molar-refractivity contribution in [2.75, 3.05) is 43.4 Å². The number of rotatable bonds is 6. The van der Waals surface area contributed by atoms with Gasteiger partial charge in [-0.2, -0.15) is 5.26 Å². The number of benzene rings is 1. The number of hydrogen-bond acceptors (Lipinski definition) is 5. The average molecular weight is 373 g/mol. The summed E-state index contributed by atoms with van der Waals surface area (Å²) in [6, 6.07) is 13.8. The van der Waals surface area contributed by atoms with E-state index in [1.54, 1.807) is 12.3 Å². The van der Waals surface area contributed by atoms with Gasteiger partial charge in [-0.25, -0.2) is 4.98 Å². The van der Waals surface area contributed by atoms with Gasteiger partial charge >= 0.3 is 0 Å². The van der Waals surface area contributed by atoms with Gasteiger partial charge in [-0.15, -0.1) is 11.8 Å². The van der Waals surface area contributed by atoms with E-state index in [4.69, 9.17) is 16.9 Å². The second-order valence-corrected chi connectivity index (χ2v) is 7.52. The Morgan fingerprint density at radius 3 is 2.72 bits per heavy atom. The number of piperazine rings is 1. The van der Waals surface area contributed by atoms with E-state index in [2.05, 4.69) is 26.9 Å². The molecule has 25 heavy (non-hydrogen) atoms. The molecule has 0 unspecified atom stereocenters. The van der Waals surface area contributed by atoms with Gasteiger partial charge in [0.05, 0.1) is 16.7 Å². The summed E-state index contributed by atoms with van der Waals surface area (Å²) in [5, 5.41) is 9.85. The lowest BCUT2D eigenvalue weighted by molar-refractivity contribution is 0.258. The molecule has 1 fully saturated rings. The minimum Gasteiger partial charge on any atom is -0.354 e. The second kappa shape index (κ2) is 9.10. The molecule has 2 aromatic rings. The number of hydrogen-bond donors (Lipinski definition) is 0. The maximum absolute atomic E-state index is 9.01. The maximum Gasteiger partial charge on any atom is 0.129 e. The fourth-order valence-electron chi connectivity index (χ4n) is 2.89. The smallest absolute Gasteiger partial charge is 0.129 e. The van der Waals surface area contributed by atoms with Crippen molar-refractivity contribution in [2.45, 2.75) is 11.3 Å². The van der Waals surface area contributed by atoms with E-state index in [0.29, 0.717) is 5.56 Å². The van der Waals surface area contributed by atoms with E-state index in [0.717, 1.165) is 60.6 Å². The summed E-state index contributed by atoms with van der Waals surface area (Å²) in [6.45, 7) is 5.10. The average Bonchev–Trinajstić information content (AvgIpc) is 2.67. The summed E-state index contributed by atoms with van der Waals surface area (Å²) in [4.78, 5) is 10.3. The lowest BCUT2D eigenvalue weighted by atomic mass is 10.2. The summed E-state index contributed by atoms with van der Waals surface area (Å²) < 4.78 is 0. The van der Waals surface area contributed by atoms with Crippen molar-refractivity contribution < 1.29 is 0 Å². The molecule has 4 nitrogen and oxygen atoms in total. The Morgan fingerprint density at radius 1 is 1.16 bits per heavy atom. The Bertz CT molecular complexity index is 738. The van der Waals surface area contributed by atoms with Crippen LogP contribution < -0.4 is 4.90 Å². The number of thioether (sulfide) groups is 1. The summed E-state index contributed by atoms with van der Waals surface area (Å²) in [5.41, 5.74) is 0.670. The molecule has 1 aliphatic heterocycles. The van der Waals surface area contributed by atoms with Crippen molar-refractivity contribution in [1.82, 2.24) is 9.88 Å². The summed E-state index contributed by atoms with van der Waals surface area (Å²) in [6.07, 6.45) is 2.87. The molecular weight excluding hydrogens is 352 g/mol. The first-order valence-corrected chi connectivity index (χ1v) is 9.83. The molecule has 0 radical (unpaired) electrons. The first-order valence-electron chi connectivity index (χ1n) is 8.47. The molecule has 0 amide bonds.